The summed E-state index contributed by atoms with van der Waals surface area (Å²) in [5.74, 6) is 0. The molecule has 0 fully saturated rings. The van der Waals surface area contributed by atoms with Crippen molar-refractivity contribution < 1.29 is 4.84 Å². The first-order chi connectivity index (χ1) is 5.22. The van der Waals surface area contributed by atoms with Crippen molar-refractivity contribution in [3.63, 3.8) is 0 Å². The van der Waals surface area contributed by atoms with E-state index in [2.05, 4.69) is 17.4 Å². The van der Waals surface area contributed by atoms with Crippen LogP contribution in [0.15, 0.2) is 5.16 Å². The smallest absolute Gasteiger partial charge is 0.155 e. The zero-order valence-corrected chi connectivity index (χ0v) is 7.48. The Morgan fingerprint density at radius 2 is 2.45 bits per heavy atom. The van der Waals surface area contributed by atoms with Gasteiger partial charge in [0.25, 0.3) is 0 Å². The van der Waals surface area contributed by atoms with Crippen LogP contribution in [0.3, 0.4) is 0 Å². The molecule has 0 aromatic heterocycles. The van der Waals surface area contributed by atoms with E-state index in [1.54, 1.807) is 0 Å². The van der Waals surface area contributed by atoms with Crippen molar-refractivity contribution in [3.05, 3.63) is 0 Å². The molecule has 64 valence electrons. The molecule has 1 atom stereocenters. The highest BCUT2D eigenvalue weighted by molar-refractivity contribution is 5.83. The van der Waals surface area contributed by atoms with Gasteiger partial charge in [-0.3, -0.25) is 0 Å². The molecule has 0 aromatic rings. The molecule has 1 unspecified atom stereocenters. The first kappa shape index (κ1) is 8.53. The first-order valence-electron chi connectivity index (χ1n) is 4.09. The zero-order chi connectivity index (χ0) is 8.32. The molecule has 1 heterocycles. The molecule has 0 saturated carbocycles. The molecule has 1 N–H and O–H groups in total. The second-order valence-electron chi connectivity index (χ2n) is 3.16. The Morgan fingerprint density at radius 1 is 1.73 bits per heavy atom. The van der Waals surface area contributed by atoms with Crippen LogP contribution in [0.2, 0.25) is 0 Å². The molecule has 0 aromatic carbocycles. The highest BCUT2D eigenvalue weighted by atomic mass is 16.7. The maximum Gasteiger partial charge on any atom is 0.155 e. The van der Waals surface area contributed by atoms with Crippen LogP contribution in [-0.2, 0) is 4.84 Å². The molecular weight excluding hydrogens is 140 g/mol. The molecule has 0 bridgehead atoms. The van der Waals surface area contributed by atoms with Gasteiger partial charge in [-0.1, -0.05) is 12.1 Å². The molecule has 1 aliphatic heterocycles. The van der Waals surface area contributed by atoms with Crippen LogP contribution in [-0.4, -0.2) is 24.9 Å². The van der Waals surface area contributed by atoms with E-state index >= 15 is 0 Å². The summed E-state index contributed by atoms with van der Waals surface area (Å²) in [7, 11) is 1.94. The Balaban J connectivity index is 2.52. The van der Waals surface area contributed by atoms with Gasteiger partial charge in [-0.05, 0) is 20.4 Å². The van der Waals surface area contributed by atoms with Crippen molar-refractivity contribution in [2.45, 2.75) is 32.3 Å². The zero-order valence-electron chi connectivity index (χ0n) is 7.48. The number of oxime groups is 1. The number of nitrogens with zero attached hydrogens (tertiary/aromatic N) is 1. The monoisotopic (exact) mass is 156 g/mol. The lowest BCUT2D eigenvalue weighted by molar-refractivity contribution is -0.0191. The topological polar surface area (TPSA) is 33.6 Å². The molecule has 0 spiro atoms. The van der Waals surface area contributed by atoms with Crippen LogP contribution in [0.5, 0.6) is 0 Å². The number of hydrogen-bond donors (Lipinski definition) is 1. The van der Waals surface area contributed by atoms with Gasteiger partial charge in [-0.15, -0.1) is 0 Å². The van der Waals surface area contributed by atoms with E-state index in [9.17, 15) is 0 Å². The minimum absolute atomic E-state index is 0.0567. The molecule has 3 nitrogen and oxygen atoms in total. The number of rotatable bonds is 3. The van der Waals surface area contributed by atoms with E-state index in [0.29, 0.717) is 0 Å². The largest absolute Gasteiger partial charge is 0.388 e. The molecule has 3 heteroatoms. The first-order valence-corrected chi connectivity index (χ1v) is 4.09. The summed E-state index contributed by atoms with van der Waals surface area (Å²) < 4.78 is 0. The quantitative estimate of drug-likeness (QED) is 0.665. The van der Waals surface area contributed by atoms with Gasteiger partial charge in [0, 0.05) is 13.0 Å². The fraction of sp³-hybridized carbons (Fsp3) is 0.875. The molecule has 0 aliphatic carbocycles. The van der Waals surface area contributed by atoms with Gasteiger partial charge in [0.15, 0.2) is 5.60 Å². The molecule has 0 saturated heterocycles. The Hall–Kier alpha value is -0.570. The third kappa shape index (κ3) is 1.71. The molecule has 0 radical (unpaired) electrons. The van der Waals surface area contributed by atoms with Gasteiger partial charge in [0.1, 0.15) is 0 Å². The van der Waals surface area contributed by atoms with Crippen molar-refractivity contribution in [2.75, 3.05) is 13.6 Å². The SMILES string of the molecule is CCC1(CNC)CC(C)=NO1. The van der Waals surface area contributed by atoms with Crippen molar-refractivity contribution in [2.24, 2.45) is 5.16 Å². The van der Waals surface area contributed by atoms with E-state index in [0.717, 1.165) is 25.1 Å². The van der Waals surface area contributed by atoms with Gasteiger partial charge in [-0.25, -0.2) is 0 Å². The highest BCUT2D eigenvalue weighted by Gasteiger charge is 2.34. The summed E-state index contributed by atoms with van der Waals surface area (Å²) in [6, 6.07) is 0. The number of likely N-dealkylation sites (N-methyl/N-ethyl adjacent to an activating group) is 1. The normalized spacial score (nSPS) is 29.9. The summed E-state index contributed by atoms with van der Waals surface area (Å²) in [6.07, 6.45) is 1.97. The summed E-state index contributed by atoms with van der Waals surface area (Å²) in [6.45, 7) is 5.02. The summed E-state index contributed by atoms with van der Waals surface area (Å²) in [5.41, 5.74) is 1.04. The molecule has 0 amide bonds. The Kier molecular flexibility index (Phi) is 2.49. The average molecular weight is 156 g/mol. The van der Waals surface area contributed by atoms with E-state index in [4.69, 9.17) is 4.84 Å². The minimum atomic E-state index is -0.0567. The van der Waals surface area contributed by atoms with Crippen LogP contribution in [0.25, 0.3) is 0 Å². The molecule has 1 aliphatic rings. The lowest BCUT2D eigenvalue weighted by Gasteiger charge is -2.24. The Bertz CT molecular complexity index is 167. The lowest BCUT2D eigenvalue weighted by Crippen LogP contribution is -2.38. The van der Waals surface area contributed by atoms with E-state index in [1.165, 1.54) is 0 Å². The van der Waals surface area contributed by atoms with Crippen molar-refractivity contribution in [3.8, 4) is 0 Å². The Morgan fingerprint density at radius 3 is 2.82 bits per heavy atom. The minimum Gasteiger partial charge on any atom is -0.388 e. The predicted octanol–water partition coefficient (Wildman–Crippen LogP) is 1.15. The third-order valence-electron chi connectivity index (χ3n) is 2.12. The fourth-order valence-electron chi connectivity index (χ4n) is 1.44. The van der Waals surface area contributed by atoms with Gasteiger partial charge < -0.3 is 10.2 Å². The van der Waals surface area contributed by atoms with Crippen LogP contribution in [0.4, 0.5) is 0 Å². The van der Waals surface area contributed by atoms with Crippen LogP contribution in [0, 0.1) is 0 Å². The third-order valence-corrected chi connectivity index (χ3v) is 2.12. The van der Waals surface area contributed by atoms with Crippen molar-refractivity contribution in [1.82, 2.24) is 5.32 Å². The second-order valence-corrected chi connectivity index (χ2v) is 3.16. The molecular formula is C8H16N2O. The van der Waals surface area contributed by atoms with Gasteiger partial charge in [0.05, 0.1) is 5.71 Å². The van der Waals surface area contributed by atoms with E-state index in [-0.39, 0.29) is 5.60 Å². The summed E-state index contributed by atoms with van der Waals surface area (Å²) in [4.78, 5) is 5.37. The van der Waals surface area contributed by atoms with Crippen LogP contribution < -0.4 is 5.32 Å². The maximum atomic E-state index is 5.37. The number of nitrogens with one attached hydrogen (secondary N) is 1. The standard InChI is InChI=1S/C8H16N2O/c1-4-8(6-9-3)5-7(2)10-11-8/h9H,4-6H2,1-3H3. The van der Waals surface area contributed by atoms with Crippen molar-refractivity contribution in [1.29, 1.82) is 0 Å². The molecule has 1 rings (SSSR count). The average Bonchev–Trinajstić information content (AvgIpc) is 2.34. The highest BCUT2D eigenvalue weighted by Crippen LogP contribution is 2.26. The fourth-order valence-corrected chi connectivity index (χ4v) is 1.44. The van der Waals surface area contributed by atoms with Crippen LogP contribution in [0.1, 0.15) is 26.7 Å². The van der Waals surface area contributed by atoms with E-state index < -0.39 is 0 Å². The maximum absolute atomic E-state index is 5.37. The van der Waals surface area contributed by atoms with Gasteiger partial charge >= 0.3 is 0 Å². The van der Waals surface area contributed by atoms with Crippen molar-refractivity contribution >= 4 is 5.71 Å². The molecule has 11 heavy (non-hydrogen) atoms. The van der Waals surface area contributed by atoms with Crippen LogP contribution >= 0.6 is 0 Å². The Labute approximate surface area is 67.8 Å². The lowest BCUT2D eigenvalue weighted by atomic mass is 9.95. The summed E-state index contributed by atoms with van der Waals surface area (Å²) >= 11 is 0. The summed E-state index contributed by atoms with van der Waals surface area (Å²) in [5, 5.41) is 7.08. The van der Waals surface area contributed by atoms with E-state index in [1.807, 2.05) is 14.0 Å². The van der Waals surface area contributed by atoms with Gasteiger partial charge in [-0.2, -0.15) is 0 Å². The second kappa shape index (κ2) is 3.22. The number of hydrogen-bond acceptors (Lipinski definition) is 3. The predicted molar refractivity (Wildman–Crippen MR) is 45.8 cm³/mol. The van der Waals surface area contributed by atoms with Gasteiger partial charge in [0.2, 0.25) is 0 Å².